The highest BCUT2D eigenvalue weighted by atomic mass is 79.9. The molecule has 0 bridgehead atoms. The first-order chi connectivity index (χ1) is 16.4. The molecular formula is C13H31BBrClNO4P15. The van der Waals surface area contributed by atoms with Crippen molar-refractivity contribution in [1.29, 1.82) is 0 Å². The number of aldehydes is 1. The number of nitrogens with zero attached hydrogens (tertiary/aromatic N) is 1. The van der Waals surface area contributed by atoms with Crippen LogP contribution in [0.3, 0.4) is 0 Å². The number of halogens is 2. The van der Waals surface area contributed by atoms with Gasteiger partial charge in [0.05, 0.1) is 12.7 Å². The third-order valence-corrected chi connectivity index (χ3v) is 92.3. The molecule has 23 heteroatoms. The van der Waals surface area contributed by atoms with Crippen molar-refractivity contribution in [3.05, 3.63) is 52.8 Å². The molecular weight excluding hydrogens is 825 g/mol. The van der Waals surface area contributed by atoms with E-state index in [1.807, 2.05) is 12.1 Å². The van der Waals surface area contributed by atoms with E-state index in [2.05, 4.69) is 92.3 Å². The summed E-state index contributed by atoms with van der Waals surface area (Å²) < 4.78 is 5.95. The predicted octanol–water partition coefficient (Wildman–Crippen LogP) is 9.82. The molecule has 0 spiro atoms. The number of pyridine rings is 1. The van der Waals surface area contributed by atoms with Crippen LogP contribution in [-0.4, -0.2) is 35.5 Å². The topological polar surface area (TPSA) is 79.7 Å². The Bertz CT molecular complexity index is 857. The van der Waals surface area contributed by atoms with Crippen LogP contribution in [0.1, 0.15) is 10.4 Å². The van der Waals surface area contributed by atoms with Crippen LogP contribution < -0.4 is 10.2 Å². The number of carbonyl (C=O) groups excluding carboxylic acids is 1. The van der Waals surface area contributed by atoms with Crippen molar-refractivity contribution in [2.45, 2.75) is 0 Å². The lowest BCUT2D eigenvalue weighted by atomic mass is 9.79. The molecule has 0 aliphatic carbocycles. The number of aromatic nitrogens is 1. The van der Waals surface area contributed by atoms with E-state index in [1.54, 1.807) is 12.4 Å². The van der Waals surface area contributed by atoms with Gasteiger partial charge in [0.15, 0.2) is 6.29 Å². The van der Waals surface area contributed by atoms with Crippen molar-refractivity contribution >= 4 is 169 Å². The van der Waals surface area contributed by atoms with Crippen LogP contribution in [-0.2, 0) is 0 Å². The highest BCUT2D eigenvalue weighted by molar-refractivity contribution is 9.28. The fourth-order valence-electron chi connectivity index (χ4n) is 1.98. The summed E-state index contributed by atoms with van der Waals surface area (Å²) in [5.41, 5.74) is 0.566. The lowest BCUT2D eigenvalue weighted by molar-refractivity contribution is 0.112. The number of benzene rings is 1. The molecule has 1 aromatic carbocycles. The number of ether oxygens (including phenoxy) is 1. The SMILES string of the molecule is Brc1ccncc1.COc1ccc(B(O)O)cc1C=O.Cl.PPP(P)P(P(P)P)P(P(P)P)P(P)P. The van der Waals surface area contributed by atoms with Gasteiger partial charge in [-0.15, -0.1) is 83.8 Å². The molecule has 11 atom stereocenters. The molecule has 2 N–H and O–H groups in total. The van der Waals surface area contributed by atoms with Gasteiger partial charge in [-0.05, 0) is 71.7 Å². The van der Waals surface area contributed by atoms with Gasteiger partial charge in [0.1, 0.15) is 5.75 Å². The highest BCUT2D eigenvalue weighted by Gasteiger charge is 2.33. The second kappa shape index (κ2) is 25.4. The summed E-state index contributed by atoms with van der Waals surface area (Å²) in [6, 6.07) is 8.14. The molecule has 2 aromatic rings. The molecule has 0 amide bonds. The average molecular weight is 856 g/mol. The molecule has 1 heterocycles. The van der Waals surface area contributed by atoms with E-state index in [0.717, 1.165) is 12.4 Å². The Hall–Kier alpha value is 5.04. The maximum Gasteiger partial charge on any atom is 0.488 e. The van der Waals surface area contributed by atoms with Crippen molar-refractivity contribution in [3.8, 4) is 5.75 Å². The van der Waals surface area contributed by atoms with Gasteiger partial charge < -0.3 is 14.8 Å². The number of carbonyl (C=O) groups is 1. The Morgan fingerprint density at radius 3 is 1.78 bits per heavy atom. The molecule has 5 nitrogen and oxygen atoms in total. The lowest BCUT2D eigenvalue weighted by Gasteiger charge is -2.38. The Morgan fingerprint density at radius 1 is 0.972 bits per heavy atom. The van der Waals surface area contributed by atoms with E-state index in [4.69, 9.17) is 14.8 Å². The fraction of sp³-hybridized carbons (Fsp3) is 0.0769. The smallest absolute Gasteiger partial charge is 0.488 e. The van der Waals surface area contributed by atoms with Gasteiger partial charge in [0, 0.05) is 16.9 Å². The minimum Gasteiger partial charge on any atom is -0.496 e. The van der Waals surface area contributed by atoms with Crippen LogP contribution in [0.5, 0.6) is 5.75 Å². The summed E-state index contributed by atoms with van der Waals surface area (Å²) in [6.07, 6.45) is 4.08. The Morgan fingerprint density at radius 2 is 1.47 bits per heavy atom. The minimum atomic E-state index is -1.57. The Balaban J connectivity index is 0. The van der Waals surface area contributed by atoms with Crippen LogP contribution in [0, 0.1) is 0 Å². The largest absolute Gasteiger partial charge is 0.496 e. The Labute approximate surface area is 256 Å². The summed E-state index contributed by atoms with van der Waals surface area (Å²) in [5.74, 6) is 0.416. The van der Waals surface area contributed by atoms with Gasteiger partial charge in [-0.2, -0.15) is 0 Å². The lowest BCUT2D eigenvalue weighted by Crippen LogP contribution is -2.30. The molecule has 0 aliphatic rings. The molecule has 0 aliphatic heterocycles. The molecule has 0 fully saturated rings. The van der Waals surface area contributed by atoms with E-state index in [1.165, 1.54) is 25.3 Å². The first-order valence-corrected chi connectivity index (χ1v) is 36.3. The first-order valence-electron chi connectivity index (χ1n) is 8.95. The van der Waals surface area contributed by atoms with E-state index in [9.17, 15) is 4.79 Å². The van der Waals surface area contributed by atoms with Crippen LogP contribution >= 0.6 is 150 Å². The second-order valence-electron chi connectivity index (χ2n) is 5.81. The summed E-state index contributed by atoms with van der Waals surface area (Å²) in [4.78, 5) is 14.3. The van der Waals surface area contributed by atoms with Crippen molar-refractivity contribution in [2.24, 2.45) is 0 Å². The summed E-state index contributed by atoms with van der Waals surface area (Å²) in [5, 5.41) is 17.6. The van der Waals surface area contributed by atoms with Crippen molar-refractivity contribution in [3.63, 3.8) is 0 Å². The third kappa shape index (κ3) is 18.0. The van der Waals surface area contributed by atoms with Crippen LogP contribution in [0.25, 0.3) is 0 Å². The molecule has 0 saturated heterocycles. The monoisotopic (exact) mass is 855 g/mol. The quantitative estimate of drug-likeness (QED) is 0.149. The van der Waals surface area contributed by atoms with Gasteiger partial charge in [-0.1, -0.05) is 30.0 Å². The van der Waals surface area contributed by atoms with E-state index < -0.39 is 7.12 Å². The van der Waals surface area contributed by atoms with Crippen LogP contribution in [0.2, 0.25) is 0 Å². The normalized spacial score (nSPS) is 12.4. The van der Waals surface area contributed by atoms with Gasteiger partial charge in [-0.25, -0.2) is 0 Å². The maximum atomic E-state index is 10.5. The summed E-state index contributed by atoms with van der Waals surface area (Å²) in [6.45, 7) is 0.887. The van der Waals surface area contributed by atoms with Gasteiger partial charge >= 0.3 is 7.12 Å². The maximum absolute atomic E-state index is 10.5. The Kier molecular flexibility index (Phi) is 30.4. The van der Waals surface area contributed by atoms with Crippen molar-refractivity contribution < 1.29 is 19.6 Å². The van der Waals surface area contributed by atoms with Crippen LogP contribution in [0.4, 0.5) is 0 Å². The zero-order chi connectivity index (χ0) is 27.1. The van der Waals surface area contributed by atoms with Crippen molar-refractivity contribution in [2.75, 3.05) is 7.11 Å². The molecule has 0 radical (unpaired) electrons. The standard InChI is InChI=1S/C8H9BO4.C5H4BrN.ClH.H17P15/c1-13-8-3-2-7(9(11)12)4-6(8)5-10;6-5-1-3-7-4-2-5;;1-9-13(8)15(12(6)7)14(10(2)3)11(4)5/h2-5,11-12H,1H3;1-4H;1H;9H,1-8H2. The number of hydrogen-bond acceptors (Lipinski definition) is 5. The third-order valence-electron chi connectivity index (χ3n) is 3.42. The molecule has 2 rings (SSSR count). The molecule has 204 valence electrons. The molecule has 0 saturated carbocycles. The molecule has 36 heavy (non-hydrogen) atoms. The van der Waals surface area contributed by atoms with Gasteiger partial charge in [0.25, 0.3) is 0 Å². The molecule has 1 aromatic heterocycles. The van der Waals surface area contributed by atoms with Crippen molar-refractivity contribution in [1.82, 2.24) is 4.98 Å². The highest BCUT2D eigenvalue weighted by Crippen LogP contribution is 3.22. The number of methoxy groups -OCH3 is 1. The fourth-order valence-corrected chi connectivity index (χ4v) is 158. The van der Waals surface area contributed by atoms with E-state index in [-0.39, 0.29) is 59.8 Å². The van der Waals surface area contributed by atoms with E-state index in [0.29, 0.717) is 17.6 Å². The molecule has 11 unspecified atom stereocenters. The second-order valence-corrected chi connectivity index (χ2v) is 62.6. The summed E-state index contributed by atoms with van der Waals surface area (Å²) in [7, 11) is 25.5. The van der Waals surface area contributed by atoms with Crippen LogP contribution in [0.15, 0.2) is 47.2 Å². The number of hydrogen-bond donors (Lipinski definition) is 2. The zero-order valence-corrected chi connectivity index (χ0v) is 36.9. The first kappa shape index (κ1) is 43.2. The average Bonchev–Trinajstić information content (AvgIpc) is 2.81. The number of rotatable bonds is 9. The zero-order valence-electron chi connectivity index (χ0n) is 18.9. The summed E-state index contributed by atoms with van der Waals surface area (Å²) >= 11 is 3.27. The van der Waals surface area contributed by atoms with Gasteiger partial charge in [0.2, 0.25) is 0 Å². The minimum absolute atomic E-state index is 0. The van der Waals surface area contributed by atoms with Gasteiger partial charge in [-0.3, -0.25) is 9.78 Å². The predicted molar refractivity (Wildman–Crippen MR) is 215 cm³/mol. The van der Waals surface area contributed by atoms with E-state index >= 15 is 0 Å².